The molecule has 0 atom stereocenters. The summed E-state index contributed by atoms with van der Waals surface area (Å²) in [7, 11) is -2.37. The van der Waals surface area contributed by atoms with Crippen molar-refractivity contribution in [1.82, 2.24) is 4.31 Å². The maximum Gasteiger partial charge on any atom is 0.252 e. The van der Waals surface area contributed by atoms with E-state index in [0.29, 0.717) is 6.42 Å². The minimum absolute atomic E-state index is 0.0109. The molecule has 0 saturated carbocycles. The first kappa shape index (κ1) is 17.4. The van der Waals surface area contributed by atoms with Crippen molar-refractivity contribution in [1.29, 1.82) is 0 Å². The van der Waals surface area contributed by atoms with Gasteiger partial charge in [0.05, 0.1) is 17.6 Å². The lowest BCUT2D eigenvalue weighted by molar-refractivity contribution is 0.0997. The number of hydrogen-bond acceptors (Lipinski definition) is 5. The molecule has 7 nitrogen and oxygen atoms in total. The number of amides is 1. The first-order valence-electron chi connectivity index (χ1n) is 6.47. The van der Waals surface area contributed by atoms with E-state index in [2.05, 4.69) is 0 Å². The van der Waals surface area contributed by atoms with E-state index < -0.39 is 15.9 Å². The number of sulfonamides is 1. The predicted molar refractivity (Wildman–Crippen MR) is 77.6 cm³/mol. The first-order chi connectivity index (χ1) is 9.88. The first-order valence-corrected chi connectivity index (χ1v) is 7.91. The standard InChI is InChI=1S/C13H20N2O5S/c1-3-15(7-4-8-16)21(18,19)10-5-6-12(20-2)11(9-10)13(14)17/h5-6,9,16H,3-4,7-8H2,1-2H3,(H2,14,17). The maximum atomic E-state index is 12.5. The van der Waals surface area contributed by atoms with Gasteiger partial charge in [0.25, 0.3) is 5.91 Å². The lowest BCUT2D eigenvalue weighted by Crippen LogP contribution is -2.32. The van der Waals surface area contributed by atoms with Crippen LogP contribution in [0.15, 0.2) is 23.1 Å². The number of aliphatic hydroxyl groups is 1. The van der Waals surface area contributed by atoms with Gasteiger partial charge in [-0.1, -0.05) is 6.92 Å². The Morgan fingerprint density at radius 3 is 2.57 bits per heavy atom. The van der Waals surface area contributed by atoms with E-state index in [1.807, 2.05) is 0 Å². The number of aliphatic hydroxyl groups excluding tert-OH is 1. The summed E-state index contributed by atoms with van der Waals surface area (Å²) in [6.45, 7) is 2.07. The van der Waals surface area contributed by atoms with E-state index in [9.17, 15) is 13.2 Å². The molecule has 0 fully saturated rings. The second-order valence-electron chi connectivity index (χ2n) is 4.30. The monoisotopic (exact) mass is 316 g/mol. The molecule has 1 amide bonds. The van der Waals surface area contributed by atoms with Crippen LogP contribution in [-0.2, 0) is 10.0 Å². The van der Waals surface area contributed by atoms with Crippen LogP contribution >= 0.6 is 0 Å². The SMILES string of the molecule is CCN(CCCO)S(=O)(=O)c1ccc(OC)c(C(N)=O)c1. The van der Waals surface area contributed by atoms with Gasteiger partial charge in [-0.25, -0.2) is 8.42 Å². The number of carbonyl (C=O) groups is 1. The van der Waals surface area contributed by atoms with Gasteiger partial charge in [0, 0.05) is 19.7 Å². The molecule has 0 aliphatic rings. The van der Waals surface area contributed by atoms with Crippen LogP contribution in [-0.4, -0.2) is 50.5 Å². The van der Waals surface area contributed by atoms with Gasteiger partial charge in [-0.2, -0.15) is 4.31 Å². The van der Waals surface area contributed by atoms with Crippen LogP contribution in [0, 0.1) is 0 Å². The third-order valence-corrected chi connectivity index (χ3v) is 4.96. The molecule has 3 N–H and O–H groups in total. The molecule has 1 aromatic rings. The van der Waals surface area contributed by atoms with Crippen molar-refractivity contribution in [3.05, 3.63) is 23.8 Å². The van der Waals surface area contributed by atoms with Crippen LogP contribution < -0.4 is 10.5 Å². The number of methoxy groups -OCH3 is 1. The largest absolute Gasteiger partial charge is 0.496 e. The van der Waals surface area contributed by atoms with Crippen LogP contribution in [0.4, 0.5) is 0 Å². The zero-order valence-electron chi connectivity index (χ0n) is 12.1. The summed E-state index contributed by atoms with van der Waals surface area (Å²) in [5, 5.41) is 8.83. The number of rotatable bonds is 8. The molecular weight excluding hydrogens is 296 g/mol. The highest BCUT2D eigenvalue weighted by molar-refractivity contribution is 7.89. The molecule has 118 valence electrons. The van der Waals surface area contributed by atoms with Crippen LogP contribution in [0.5, 0.6) is 5.75 Å². The van der Waals surface area contributed by atoms with Crippen LogP contribution in [0.1, 0.15) is 23.7 Å². The minimum atomic E-state index is -3.75. The summed E-state index contributed by atoms with van der Waals surface area (Å²) in [5.74, 6) is -0.540. The Labute approximate surface area is 124 Å². The fourth-order valence-electron chi connectivity index (χ4n) is 1.88. The summed E-state index contributed by atoms with van der Waals surface area (Å²) in [6, 6.07) is 3.97. The van der Waals surface area contributed by atoms with E-state index in [1.165, 1.54) is 29.6 Å². The van der Waals surface area contributed by atoms with Crippen LogP contribution in [0.2, 0.25) is 0 Å². The van der Waals surface area contributed by atoms with Gasteiger partial charge >= 0.3 is 0 Å². The summed E-state index contributed by atoms with van der Waals surface area (Å²) >= 11 is 0. The highest BCUT2D eigenvalue weighted by atomic mass is 32.2. The van der Waals surface area contributed by atoms with Crippen molar-refractivity contribution in [3.63, 3.8) is 0 Å². The van der Waals surface area contributed by atoms with Crippen LogP contribution in [0.25, 0.3) is 0 Å². The van der Waals surface area contributed by atoms with Gasteiger partial charge in [0.2, 0.25) is 10.0 Å². The van der Waals surface area contributed by atoms with Gasteiger partial charge < -0.3 is 15.6 Å². The van der Waals surface area contributed by atoms with Crippen molar-refractivity contribution in [2.24, 2.45) is 5.73 Å². The number of nitrogens with zero attached hydrogens (tertiary/aromatic N) is 1. The third-order valence-electron chi connectivity index (χ3n) is 2.99. The Bertz CT molecular complexity index is 601. The highest BCUT2D eigenvalue weighted by Crippen LogP contribution is 2.24. The number of primary amides is 1. The summed E-state index contributed by atoms with van der Waals surface area (Å²) in [5.41, 5.74) is 5.24. The van der Waals surface area contributed by atoms with E-state index in [0.717, 1.165) is 0 Å². The van der Waals surface area contributed by atoms with Gasteiger partial charge in [-0.3, -0.25) is 4.79 Å². The van der Waals surface area contributed by atoms with Crippen molar-refractivity contribution in [2.75, 3.05) is 26.8 Å². The summed E-state index contributed by atoms with van der Waals surface area (Å²) in [6.07, 6.45) is 0.339. The lowest BCUT2D eigenvalue weighted by atomic mass is 10.2. The number of benzene rings is 1. The Balaban J connectivity index is 3.24. The number of carbonyl (C=O) groups excluding carboxylic acids is 1. The van der Waals surface area contributed by atoms with E-state index in [4.69, 9.17) is 15.6 Å². The molecular formula is C13H20N2O5S. The summed E-state index contributed by atoms with van der Waals surface area (Å²) in [4.78, 5) is 11.3. The fraction of sp³-hybridized carbons (Fsp3) is 0.462. The van der Waals surface area contributed by atoms with Crippen LogP contribution in [0.3, 0.4) is 0 Å². The third kappa shape index (κ3) is 3.93. The Morgan fingerprint density at radius 1 is 1.43 bits per heavy atom. The normalized spacial score (nSPS) is 11.6. The molecule has 1 aromatic carbocycles. The average Bonchev–Trinajstić information content (AvgIpc) is 2.46. The molecule has 0 bridgehead atoms. The topological polar surface area (TPSA) is 110 Å². The molecule has 0 aliphatic carbocycles. The molecule has 0 saturated heterocycles. The van der Waals surface area contributed by atoms with Gasteiger partial charge in [0.1, 0.15) is 5.75 Å². The number of nitrogens with two attached hydrogens (primary N) is 1. The van der Waals surface area contributed by atoms with E-state index in [1.54, 1.807) is 6.92 Å². The number of hydrogen-bond donors (Lipinski definition) is 2. The molecule has 8 heteroatoms. The maximum absolute atomic E-state index is 12.5. The molecule has 0 radical (unpaired) electrons. The highest BCUT2D eigenvalue weighted by Gasteiger charge is 2.24. The van der Waals surface area contributed by atoms with E-state index in [-0.39, 0.29) is 35.9 Å². The summed E-state index contributed by atoms with van der Waals surface area (Å²) < 4.78 is 31.2. The molecule has 0 heterocycles. The predicted octanol–water partition coefficient (Wildman–Crippen LogP) is 0.187. The lowest BCUT2D eigenvalue weighted by Gasteiger charge is -2.20. The van der Waals surface area contributed by atoms with Crippen molar-refractivity contribution in [2.45, 2.75) is 18.2 Å². The second-order valence-corrected chi connectivity index (χ2v) is 6.24. The molecule has 0 aromatic heterocycles. The van der Waals surface area contributed by atoms with Crippen molar-refractivity contribution < 1.29 is 23.1 Å². The van der Waals surface area contributed by atoms with Gasteiger partial charge in [-0.05, 0) is 24.6 Å². The minimum Gasteiger partial charge on any atom is -0.496 e. The van der Waals surface area contributed by atoms with Crippen molar-refractivity contribution in [3.8, 4) is 5.75 Å². The molecule has 21 heavy (non-hydrogen) atoms. The fourth-order valence-corrected chi connectivity index (χ4v) is 3.40. The van der Waals surface area contributed by atoms with Gasteiger partial charge in [0.15, 0.2) is 0 Å². The Hall–Kier alpha value is -1.64. The molecule has 0 aliphatic heterocycles. The molecule has 0 unspecified atom stereocenters. The zero-order chi connectivity index (χ0) is 16.0. The quantitative estimate of drug-likeness (QED) is 0.711. The molecule has 0 spiro atoms. The van der Waals surface area contributed by atoms with Crippen molar-refractivity contribution >= 4 is 15.9 Å². The van der Waals surface area contributed by atoms with E-state index >= 15 is 0 Å². The Kier molecular flexibility index (Phi) is 6.13. The smallest absolute Gasteiger partial charge is 0.252 e. The second kappa shape index (κ2) is 7.39. The zero-order valence-corrected chi connectivity index (χ0v) is 12.9. The number of ether oxygens (including phenoxy) is 1. The van der Waals surface area contributed by atoms with Gasteiger partial charge in [-0.15, -0.1) is 0 Å². The molecule has 1 rings (SSSR count). The average molecular weight is 316 g/mol. The Morgan fingerprint density at radius 2 is 2.10 bits per heavy atom.